The van der Waals surface area contributed by atoms with Crippen molar-refractivity contribution in [2.24, 2.45) is 0 Å². The molecule has 1 aliphatic rings. The second kappa shape index (κ2) is 6.28. The number of anilines is 1. The standard InChI is InChI=1S/C15H8BrIN2O4/c16-11-7-9(23-12(11)17)6-10-13(20)18-15(22)19(14(10)21)8-4-2-1-3-5-8/h1-7H,(H,18,20,22)/b10-6+. The molecule has 2 heterocycles. The number of carbonyl (C=O) groups excluding carboxylic acids is 3. The number of nitrogens with one attached hydrogen (secondary N) is 1. The number of halogens is 2. The predicted molar refractivity (Wildman–Crippen MR) is 94.6 cm³/mol. The predicted octanol–water partition coefficient (Wildman–Crippen LogP) is 3.31. The van der Waals surface area contributed by atoms with Crippen molar-refractivity contribution in [2.45, 2.75) is 0 Å². The topological polar surface area (TPSA) is 79.6 Å². The van der Waals surface area contributed by atoms with Crippen LogP contribution in [0.2, 0.25) is 0 Å². The van der Waals surface area contributed by atoms with Gasteiger partial charge in [0.25, 0.3) is 11.8 Å². The monoisotopic (exact) mass is 486 g/mol. The van der Waals surface area contributed by atoms with Crippen LogP contribution in [0.4, 0.5) is 10.5 Å². The maximum atomic E-state index is 12.6. The Kier molecular flexibility index (Phi) is 4.35. The first-order chi connectivity index (χ1) is 11.0. The number of barbiturate groups is 1. The quantitative estimate of drug-likeness (QED) is 0.401. The van der Waals surface area contributed by atoms with Crippen molar-refractivity contribution < 1.29 is 18.8 Å². The Hall–Kier alpha value is -1.94. The molecule has 2 aromatic rings. The lowest BCUT2D eigenvalue weighted by molar-refractivity contribution is -0.122. The Morgan fingerprint density at radius 1 is 1.17 bits per heavy atom. The summed E-state index contributed by atoms with van der Waals surface area (Å²) in [7, 11) is 0. The molecule has 116 valence electrons. The molecule has 0 bridgehead atoms. The SMILES string of the molecule is O=C1NC(=O)N(c2ccccc2)C(=O)/C1=C/c1cc(Br)c(I)o1. The minimum Gasteiger partial charge on any atom is -0.450 e. The number of furan rings is 1. The smallest absolute Gasteiger partial charge is 0.335 e. The van der Waals surface area contributed by atoms with Gasteiger partial charge in [-0.15, -0.1) is 0 Å². The van der Waals surface area contributed by atoms with Crippen LogP contribution in [0.25, 0.3) is 6.08 Å². The zero-order chi connectivity index (χ0) is 16.6. The first-order valence-electron chi connectivity index (χ1n) is 6.38. The van der Waals surface area contributed by atoms with Crippen LogP contribution in [0.3, 0.4) is 0 Å². The molecule has 23 heavy (non-hydrogen) atoms. The summed E-state index contributed by atoms with van der Waals surface area (Å²) in [5.41, 5.74) is 0.203. The van der Waals surface area contributed by atoms with Crippen molar-refractivity contribution in [2.75, 3.05) is 4.90 Å². The molecule has 4 amide bonds. The molecule has 8 heteroatoms. The van der Waals surface area contributed by atoms with Crippen LogP contribution in [-0.4, -0.2) is 17.8 Å². The largest absolute Gasteiger partial charge is 0.450 e. The molecule has 0 spiro atoms. The Bertz CT molecular complexity index is 825. The zero-order valence-electron chi connectivity index (χ0n) is 11.4. The third-order valence-corrected chi connectivity index (χ3v) is 5.20. The fourth-order valence-corrected chi connectivity index (χ4v) is 2.76. The van der Waals surface area contributed by atoms with E-state index >= 15 is 0 Å². The van der Waals surface area contributed by atoms with Gasteiger partial charge in [-0.25, -0.2) is 9.69 Å². The van der Waals surface area contributed by atoms with Gasteiger partial charge in [0.1, 0.15) is 11.3 Å². The number of carbonyl (C=O) groups is 3. The van der Waals surface area contributed by atoms with Crippen LogP contribution in [0.5, 0.6) is 0 Å². The van der Waals surface area contributed by atoms with Gasteiger partial charge < -0.3 is 4.42 Å². The molecule has 1 fully saturated rings. The lowest BCUT2D eigenvalue weighted by Gasteiger charge is -2.26. The van der Waals surface area contributed by atoms with E-state index in [9.17, 15) is 14.4 Å². The van der Waals surface area contributed by atoms with Crippen molar-refractivity contribution in [3.8, 4) is 0 Å². The number of hydrogen-bond acceptors (Lipinski definition) is 4. The highest BCUT2D eigenvalue weighted by Crippen LogP contribution is 2.26. The third-order valence-electron chi connectivity index (χ3n) is 3.07. The molecule has 0 aliphatic carbocycles. The molecule has 3 rings (SSSR count). The fourth-order valence-electron chi connectivity index (χ4n) is 2.05. The summed E-state index contributed by atoms with van der Waals surface area (Å²) < 4.78 is 6.71. The van der Waals surface area contributed by atoms with E-state index in [2.05, 4.69) is 21.2 Å². The highest BCUT2D eigenvalue weighted by atomic mass is 127. The van der Waals surface area contributed by atoms with E-state index in [0.29, 0.717) is 19.7 Å². The average Bonchev–Trinajstić information content (AvgIpc) is 2.83. The summed E-state index contributed by atoms with van der Waals surface area (Å²) in [6.45, 7) is 0. The first kappa shape index (κ1) is 15.9. The Labute approximate surface area is 152 Å². The van der Waals surface area contributed by atoms with E-state index in [1.807, 2.05) is 22.6 Å². The molecule has 6 nitrogen and oxygen atoms in total. The number of urea groups is 1. The van der Waals surface area contributed by atoms with E-state index in [1.54, 1.807) is 36.4 Å². The Morgan fingerprint density at radius 2 is 1.87 bits per heavy atom. The molecular formula is C15H8BrIN2O4. The van der Waals surface area contributed by atoms with E-state index < -0.39 is 17.8 Å². The molecule has 1 N–H and O–H groups in total. The highest BCUT2D eigenvalue weighted by molar-refractivity contribution is 14.1. The van der Waals surface area contributed by atoms with Crippen LogP contribution in [0.15, 0.2) is 50.9 Å². The summed E-state index contributed by atoms with van der Waals surface area (Å²) in [5, 5.41) is 2.15. The number of benzene rings is 1. The van der Waals surface area contributed by atoms with E-state index in [-0.39, 0.29) is 5.57 Å². The molecule has 1 aromatic heterocycles. The van der Waals surface area contributed by atoms with Crippen LogP contribution >= 0.6 is 38.5 Å². The summed E-state index contributed by atoms with van der Waals surface area (Å²) in [6.07, 6.45) is 1.31. The maximum absolute atomic E-state index is 12.6. The number of hydrogen-bond donors (Lipinski definition) is 1. The van der Waals surface area contributed by atoms with Gasteiger partial charge in [-0.1, -0.05) is 18.2 Å². The van der Waals surface area contributed by atoms with Crippen LogP contribution in [-0.2, 0) is 9.59 Å². The van der Waals surface area contributed by atoms with E-state index in [0.717, 1.165) is 4.90 Å². The lowest BCUT2D eigenvalue weighted by Crippen LogP contribution is -2.54. The average molecular weight is 487 g/mol. The van der Waals surface area contributed by atoms with Crippen molar-refractivity contribution in [1.82, 2.24) is 5.32 Å². The number of amides is 4. The second-order valence-corrected chi connectivity index (χ2v) is 6.40. The molecule has 0 unspecified atom stereocenters. The summed E-state index contributed by atoms with van der Waals surface area (Å²) in [6, 6.07) is 9.23. The number of nitrogens with zero attached hydrogens (tertiary/aromatic N) is 1. The van der Waals surface area contributed by atoms with Crippen LogP contribution in [0, 0.1) is 3.77 Å². The van der Waals surface area contributed by atoms with Crippen LogP contribution < -0.4 is 10.2 Å². The number of para-hydroxylation sites is 1. The molecule has 0 saturated carbocycles. The van der Waals surface area contributed by atoms with Crippen molar-refractivity contribution in [3.05, 3.63) is 56.0 Å². The zero-order valence-corrected chi connectivity index (χ0v) is 15.1. The van der Waals surface area contributed by atoms with Gasteiger partial charge in [0.2, 0.25) is 0 Å². The van der Waals surface area contributed by atoms with Gasteiger partial charge in [0, 0.05) is 22.6 Å². The summed E-state index contributed by atoms with van der Waals surface area (Å²) in [5.74, 6) is -1.12. The fraction of sp³-hybridized carbons (Fsp3) is 0. The third kappa shape index (κ3) is 3.08. The molecule has 0 atom stereocenters. The molecular weight excluding hydrogens is 479 g/mol. The van der Waals surface area contributed by atoms with Gasteiger partial charge in [0.05, 0.1) is 10.2 Å². The van der Waals surface area contributed by atoms with Gasteiger partial charge in [-0.2, -0.15) is 0 Å². The van der Waals surface area contributed by atoms with Gasteiger partial charge >= 0.3 is 6.03 Å². The number of rotatable bonds is 2. The van der Waals surface area contributed by atoms with Gasteiger partial charge in [0.15, 0.2) is 3.77 Å². The summed E-state index contributed by atoms with van der Waals surface area (Å²) >= 11 is 5.26. The van der Waals surface area contributed by atoms with Gasteiger partial charge in [-0.05, 0) is 40.2 Å². The lowest BCUT2D eigenvalue weighted by atomic mass is 10.1. The highest BCUT2D eigenvalue weighted by Gasteiger charge is 2.36. The first-order valence-corrected chi connectivity index (χ1v) is 8.26. The second-order valence-electron chi connectivity index (χ2n) is 4.56. The Balaban J connectivity index is 2.02. The van der Waals surface area contributed by atoms with Crippen molar-refractivity contribution in [3.63, 3.8) is 0 Å². The van der Waals surface area contributed by atoms with E-state index in [1.165, 1.54) is 6.08 Å². The van der Waals surface area contributed by atoms with Crippen molar-refractivity contribution in [1.29, 1.82) is 0 Å². The van der Waals surface area contributed by atoms with Crippen molar-refractivity contribution >= 4 is 68.1 Å². The Morgan fingerprint density at radius 3 is 2.48 bits per heavy atom. The van der Waals surface area contributed by atoms with E-state index in [4.69, 9.17) is 4.42 Å². The molecule has 0 radical (unpaired) electrons. The minimum atomic E-state index is -0.779. The maximum Gasteiger partial charge on any atom is 0.335 e. The van der Waals surface area contributed by atoms with Crippen LogP contribution in [0.1, 0.15) is 5.76 Å². The summed E-state index contributed by atoms with van der Waals surface area (Å²) in [4.78, 5) is 37.4. The normalized spacial score (nSPS) is 16.9. The molecule has 1 aromatic carbocycles. The molecule has 1 aliphatic heterocycles. The molecule has 1 saturated heterocycles. The number of imide groups is 2. The minimum absolute atomic E-state index is 0.175. The van der Waals surface area contributed by atoms with Gasteiger partial charge in [-0.3, -0.25) is 14.9 Å².